The van der Waals surface area contributed by atoms with Crippen LogP contribution in [0.2, 0.25) is 0 Å². The normalized spacial score (nSPS) is 11.9. The van der Waals surface area contributed by atoms with E-state index in [1.54, 1.807) is 36.5 Å². The fourth-order valence-electron chi connectivity index (χ4n) is 3.14. The van der Waals surface area contributed by atoms with Gasteiger partial charge in [0.25, 0.3) is 0 Å². The number of nitrogen functional groups attached to an aromatic ring is 2. The number of halogens is 1. The minimum atomic E-state index is -0.472. The number of anilines is 2. The molecule has 5 N–H and O–H groups in total. The molecule has 0 spiro atoms. The second-order valence-electron chi connectivity index (χ2n) is 6.83. The van der Waals surface area contributed by atoms with E-state index in [4.69, 9.17) is 25.7 Å². The lowest BCUT2D eigenvalue weighted by atomic mass is 10.00. The molecule has 31 heavy (non-hydrogen) atoms. The molecule has 0 fully saturated rings. The summed E-state index contributed by atoms with van der Waals surface area (Å²) < 4.78 is 31.0. The van der Waals surface area contributed by atoms with Crippen molar-refractivity contribution >= 4 is 11.5 Å². The zero-order valence-corrected chi connectivity index (χ0v) is 17.5. The smallest absolute Gasteiger partial charge is 0.161 e. The molecule has 0 aliphatic heterocycles. The van der Waals surface area contributed by atoms with Crippen LogP contribution >= 0.6 is 0 Å². The number of methoxy groups -OCH3 is 1. The Kier molecular flexibility index (Phi) is 7.28. The third kappa shape index (κ3) is 5.22. The van der Waals surface area contributed by atoms with Crippen molar-refractivity contribution in [1.82, 2.24) is 4.98 Å². The van der Waals surface area contributed by atoms with Crippen LogP contribution in [-0.4, -0.2) is 43.1 Å². The van der Waals surface area contributed by atoms with Crippen LogP contribution in [0.4, 0.5) is 15.9 Å². The Balaban J connectivity index is 1.91. The van der Waals surface area contributed by atoms with Crippen molar-refractivity contribution in [2.45, 2.75) is 13.0 Å². The van der Waals surface area contributed by atoms with Gasteiger partial charge in [-0.2, -0.15) is 0 Å². The van der Waals surface area contributed by atoms with E-state index >= 15 is 0 Å². The lowest BCUT2D eigenvalue weighted by Crippen LogP contribution is -2.25. The Morgan fingerprint density at radius 1 is 1.03 bits per heavy atom. The predicted octanol–water partition coefficient (Wildman–Crippen LogP) is 3.50. The van der Waals surface area contributed by atoms with Gasteiger partial charge in [0.2, 0.25) is 0 Å². The quantitative estimate of drug-likeness (QED) is 0.448. The highest BCUT2D eigenvalue weighted by molar-refractivity contribution is 5.80. The largest absolute Gasteiger partial charge is 0.493 e. The molecule has 0 aliphatic rings. The minimum Gasteiger partial charge on any atom is -0.493 e. The van der Waals surface area contributed by atoms with Crippen LogP contribution in [0.1, 0.15) is 6.92 Å². The molecule has 2 aromatic carbocycles. The highest BCUT2D eigenvalue weighted by atomic mass is 19.1. The lowest BCUT2D eigenvalue weighted by molar-refractivity contribution is -0.00806. The van der Waals surface area contributed by atoms with Crippen LogP contribution in [0.15, 0.2) is 48.7 Å². The monoisotopic (exact) mass is 427 g/mol. The first kappa shape index (κ1) is 22.3. The number of nitrogens with zero attached hydrogens (tertiary/aromatic N) is 1. The summed E-state index contributed by atoms with van der Waals surface area (Å²) in [6, 6.07) is 11.6. The second-order valence-corrected chi connectivity index (χ2v) is 6.83. The summed E-state index contributed by atoms with van der Waals surface area (Å²) in [5.74, 6) is 0.755. The van der Waals surface area contributed by atoms with E-state index in [9.17, 15) is 9.50 Å². The molecule has 164 valence electrons. The van der Waals surface area contributed by atoms with Crippen molar-refractivity contribution in [3.63, 3.8) is 0 Å². The van der Waals surface area contributed by atoms with Gasteiger partial charge in [-0.1, -0.05) is 6.07 Å². The SMILES string of the molecule is CCOC(CO)COc1ccc(-c2cnc(N)c(-c3ccc(N)cc3F)c2)cc1OC. The summed E-state index contributed by atoms with van der Waals surface area (Å²) in [6.45, 7) is 2.37. The van der Waals surface area contributed by atoms with E-state index in [0.29, 0.717) is 34.9 Å². The average molecular weight is 427 g/mol. The molecular formula is C23H26FN3O4. The highest BCUT2D eigenvalue weighted by Crippen LogP contribution is 2.36. The Bertz CT molecular complexity index is 1050. The van der Waals surface area contributed by atoms with Crippen molar-refractivity contribution in [2.75, 3.05) is 38.4 Å². The molecule has 0 aliphatic carbocycles. The number of hydrogen-bond acceptors (Lipinski definition) is 7. The second kappa shape index (κ2) is 10.1. The molecule has 1 aromatic heterocycles. The van der Waals surface area contributed by atoms with Crippen LogP contribution < -0.4 is 20.9 Å². The van der Waals surface area contributed by atoms with Gasteiger partial charge >= 0.3 is 0 Å². The Labute approximate surface area is 180 Å². The predicted molar refractivity (Wildman–Crippen MR) is 118 cm³/mol. The first-order valence-electron chi connectivity index (χ1n) is 9.81. The number of pyridine rings is 1. The van der Waals surface area contributed by atoms with Gasteiger partial charge in [-0.15, -0.1) is 0 Å². The molecule has 7 nitrogen and oxygen atoms in total. The Hall–Kier alpha value is -3.36. The van der Waals surface area contributed by atoms with E-state index in [1.165, 1.54) is 13.2 Å². The molecule has 0 saturated heterocycles. The summed E-state index contributed by atoms with van der Waals surface area (Å²) in [6.07, 6.45) is 1.19. The van der Waals surface area contributed by atoms with E-state index in [0.717, 1.165) is 11.1 Å². The number of hydrogen-bond donors (Lipinski definition) is 3. The van der Waals surface area contributed by atoms with Gasteiger partial charge in [0.05, 0.1) is 13.7 Å². The van der Waals surface area contributed by atoms with E-state index in [1.807, 2.05) is 13.0 Å². The summed E-state index contributed by atoms with van der Waals surface area (Å²) in [4.78, 5) is 4.23. The van der Waals surface area contributed by atoms with Crippen LogP contribution in [-0.2, 0) is 4.74 Å². The Morgan fingerprint density at radius 2 is 1.84 bits per heavy atom. The van der Waals surface area contributed by atoms with Crippen molar-refractivity contribution in [1.29, 1.82) is 0 Å². The molecule has 3 rings (SSSR count). The molecule has 0 bridgehead atoms. The third-order valence-electron chi connectivity index (χ3n) is 4.73. The number of benzene rings is 2. The van der Waals surface area contributed by atoms with E-state index in [2.05, 4.69) is 4.98 Å². The molecule has 1 unspecified atom stereocenters. The highest BCUT2D eigenvalue weighted by Gasteiger charge is 2.15. The summed E-state index contributed by atoms with van der Waals surface area (Å²) >= 11 is 0. The van der Waals surface area contributed by atoms with Gasteiger partial charge in [0, 0.05) is 35.2 Å². The zero-order chi connectivity index (χ0) is 22.4. The van der Waals surface area contributed by atoms with Gasteiger partial charge in [-0.25, -0.2) is 9.37 Å². The van der Waals surface area contributed by atoms with E-state index in [-0.39, 0.29) is 19.0 Å². The fourth-order valence-corrected chi connectivity index (χ4v) is 3.14. The van der Waals surface area contributed by atoms with Crippen LogP contribution in [0.3, 0.4) is 0 Å². The Morgan fingerprint density at radius 3 is 2.52 bits per heavy atom. The molecular weight excluding hydrogens is 401 g/mol. The number of aromatic nitrogens is 1. The minimum absolute atomic E-state index is 0.143. The molecule has 0 amide bonds. The third-order valence-corrected chi connectivity index (χ3v) is 4.73. The first-order valence-corrected chi connectivity index (χ1v) is 9.81. The maximum absolute atomic E-state index is 14.4. The van der Waals surface area contributed by atoms with Crippen molar-refractivity contribution in [3.05, 3.63) is 54.5 Å². The maximum Gasteiger partial charge on any atom is 0.161 e. The molecule has 1 heterocycles. The molecule has 3 aromatic rings. The summed E-state index contributed by atoms with van der Waals surface area (Å²) in [5, 5.41) is 9.34. The average Bonchev–Trinajstić information content (AvgIpc) is 2.77. The van der Waals surface area contributed by atoms with E-state index < -0.39 is 11.9 Å². The number of ether oxygens (including phenoxy) is 3. The van der Waals surface area contributed by atoms with Gasteiger partial charge in [-0.3, -0.25) is 0 Å². The summed E-state index contributed by atoms with van der Waals surface area (Å²) in [5.41, 5.74) is 14.3. The standard InChI is InChI=1S/C23H26FN3O4/c1-3-30-17(12-28)13-31-21-7-4-14(9-22(21)29-2)15-8-19(23(26)27-11-15)18-6-5-16(25)10-20(18)24/h4-11,17,28H,3,12-13,25H2,1-2H3,(H2,26,27). The number of rotatable bonds is 9. The van der Waals surface area contributed by atoms with Gasteiger partial charge in [0.15, 0.2) is 11.5 Å². The molecule has 0 radical (unpaired) electrons. The number of nitrogens with two attached hydrogens (primary N) is 2. The van der Waals surface area contributed by atoms with Crippen molar-refractivity contribution in [3.8, 4) is 33.8 Å². The van der Waals surface area contributed by atoms with Crippen LogP contribution in [0.25, 0.3) is 22.3 Å². The van der Waals surface area contributed by atoms with Gasteiger partial charge in [-0.05, 0) is 48.9 Å². The maximum atomic E-state index is 14.4. The molecule has 0 saturated carbocycles. The number of aliphatic hydroxyl groups is 1. The first-order chi connectivity index (χ1) is 15.0. The molecule has 1 atom stereocenters. The van der Waals surface area contributed by atoms with Gasteiger partial charge < -0.3 is 30.8 Å². The van der Waals surface area contributed by atoms with Crippen molar-refractivity contribution in [2.24, 2.45) is 0 Å². The summed E-state index contributed by atoms with van der Waals surface area (Å²) in [7, 11) is 1.54. The lowest BCUT2D eigenvalue weighted by Gasteiger charge is -2.17. The number of aliphatic hydroxyl groups excluding tert-OH is 1. The van der Waals surface area contributed by atoms with Gasteiger partial charge in [0.1, 0.15) is 24.3 Å². The van der Waals surface area contributed by atoms with Crippen LogP contribution in [0, 0.1) is 5.82 Å². The van der Waals surface area contributed by atoms with Crippen molar-refractivity contribution < 1.29 is 23.7 Å². The molecule has 8 heteroatoms. The van der Waals surface area contributed by atoms with Crippen LogP contribution in [0.5, 0.6) is 11.5 Å². The zero-order valence-electron chi connectivity index (χ0n) is 17.5. The fraction of sp³-hybridized carbons (Fsp3) is 0.261. The topological polar surface area (TPSA) is 113 Å².